The minimum atomic E-state index is 0.369. The van der Waals surface area contributed by atoms with E-state index in [9.17, 15) is 4.79 Å². The number of carbonyl (C=O) groups is 1. The Morgan fingerprint density at radius 1 is 1.42 bits per heavy atom. The molecule has 0 heterocycles. The van der Waals surface area contributed by atoms with Crippen LogP contribution in [-0.2, 0) is 4.79 Å². The highest BCUT2D eigenvalue weighted by Gasteiger charge is 2.16. The molecule has 108 valence electrons. The summed E-state index contributed by atoms with van der Waals surface area (Å²) in [4.78, 5) is 12.4. The summed E-state index contributed by atoms with van der Waals surface area (Å²) < 4.78 is 0. The SMILES string of the molecule is C=C(/C(=C\C=C\O)CCNC=O)N(C)C(C)C(C)C. The van der Waals surface area contributed by atoms with Gasteiger partial charge in [-0.3, -0.25) is 4.79 Å². The van der Waals surface area contributed by atoms with Crippen molar-refractivity contribution >= 4 is 6.41 Å². The van der Waals surface area contributed by atoms with E-state index in [0.29, 0.717) is 31.3 Å². The van der Waals surface area contributed by atoms with Gasteiger partial charge in [0.1, 0.15) is 0 Å². The van der Waals surface area contributed by atoms with Gasteiger partial charge in [-0.1, -0.05) is 26.5 Å². The van der Waals surface area contributed by atoms with Gasteiger partial charge in [-0.05, 0) is 30.9 Å². The lowest BCUT2D eigenvalue weighted by Crippen LogP contribution is -2.33. The van der Waals surface area contributed by atoms with Gasteiger partial charge < -0.3 is 15.3 Å². The first-order valence-electron chi connectivity index (χ1n) is 6.54. The molecule has 0 aromatic rings. The fraction of sp³-hybridized carbons (Fsp3) is 0.533. The Balaban J connectivity index is 4.84. The Kier molecular flexibility index (Phi) is 8.42. The molecule has 0 saturated heterocycles. The average molecular weight is 266 g/mol. The molecular weight excluding hydrogens is 240 g/mol. The molecule has 0 aliphatic rings. The molecule has 4 heteroatoms. The van der Waals surface area contributed by atoms with Crippen LogP contribution in [0, 0.1) is 5.92 Å². The fourth-order valence-electron chi connectivity index (χ4n) is 1.67. The number of carbonyl (C=O) groups excluding carboxylic acids is 1. The number of hydrogen-bond acceptors (Lipinski definition) is 3. The van der Waals surface area contributed by atoms with E-state index in [1.165, 1.54) is 0 Å². The van der Waals surface area contributed by atoms with Crippen molar-refractivity contribution in [3.8, 4) is 0 Å². The maximum atomic E-state index is 10.3. The number of amides is 1. The van der Waals surface area contributed by atoms with Crippen molar-refractivity contribution in [3.05, 3.63) is 36.3 Å². The Bertz CT molecular complexity index is 346. The smallest absolute Gasteiger partial charge is 0.207 e. The Morgan fingerprint density at radius 2 is 2.05 bits per heavy atom. The van der Waals surface area contributed by atoms with Gasteiger partial charge in [0.05, 0.1) is 6.26 Å². The van der Waals surface area contributed by atoms with Gasteiger partial charge >= 0.3 is 0 Å². The second-order valence-electron chi connectivity index (χ2n) is 4.90. The first-order chi connectivity index (χ1) is 8.95. The van der Waals surface area contributed by atoms with Gasteiger partial charge in [0.2, 0.25) is 6.41 Å². The maximum absolute atomic E-state index is 10.3. The van der Waals surface area contributed by atoms with Crippen molar-refractivity contribution in [2.75, 3.05) is 13.6 Å². The molecule has 2 N–H and O–H groups in total. The third-order valence-corrected chi connectivity index (χ3v) is 3.38. The van der Waals surface area contributed by atoms with E-state index < -0.39 is 0 Å². The zero-order valence-corrected chi connectivity index (χ0v) is 12.4. The summed E-state index contributed by atoms with van der Waals surface area (Å²) in [5.74, 6) is 0.518. The van der Waals surface area contributed by atoms with Crippen molar-refractivity contribution in [1.29, 1.82) is 0 Å². The first kappa shape index (κ1) is 17.3. The quantitative estimate of drug-likeness (QED) is 0.292. The summed E-state index contributed by atoms with van der Waals surface area (Å²) in [5.41, 5.74) is 1.90. The second kappa shape index (κ2) is 9.25. The largest absolute Gasteiger partial charge is 0.516 e. The van der Waals surface area contributed by atoms with E-state index in [1.807, 2.05) is 13.1 Å². The Morgan fingerprint density at radius 3 is 2.53 bits per heavy atom. The molecular formula is C15H26N2O2. The van der Waals surface area contributed by atoms with Crippen LogP contribution in [0.5, 0.6) is 0 Å². The van der Waals surface area contributed by atoms with Crippen molar-refractivity contribution in [3.63, 3.8) is 0 Å². The molecule has 0 aliphatic carbocycles. The topological polar surface area (TPSA) is 52.6 Å². The van der Waals surface area contributed by atoms with E-state index in [4.69, 9.17) is 5.11 Å². The zero-order chi connectivity index (χ0) is 14.8. The number of allylic oxidation sites excluding steroid dienone is 3. The number of rotatable bonds is 9. The van der Waals surface area contributed by atoms with Crippen LogP contribution >= 0.6 is 0 Å². The summed E-state index contributed by atoms with van der Waals surface area (Å²) in [5, 5.41) is 11.4. The molecule has 0 spiro atoms. The lowest BCUT2D eigenvalue weighted by atomic mass is 10.0. The zero-order valence-electron chi connectivity index (χ0n) is 12.4. The van der Waals surface area contributed by atoms with E-state index >= 15 is 0 Å². The van der Waals surface area contributed by atoms with Crippen LogP contribution in [0.2, 0.25) is 0 Å². The standard InChI is InChI=1S/C15H26N2O2/c1-12(2)13(3)17(5)14(4)15(7-6-10-18)8-9-16-11-19/h6-7,10-13,18H,4,8-9H2,1-3,5H3,(H,16,19)/b10-6+,15-7-. The number of likely N-dealkylation sites (N-methyl/N-ethyl adjacent to an activating group) is 1. The Hall–Kier alpha value is -1.71. The van der Waals surface area contributed by atoms with Crippen molar-refractivity contribution in [1.82, 2.24) is 10.2 Å². The van der Waals surface area contributed by atoms with Gasteiger partial charge in [0.25, 0.3) is 0 Å². The lowest BCUT2D eigenvalue weighted by Gasteiger charge is -2.32. The number of aliphatic hydroxyl groups is 1. The normalized spacial score (nSPS) is 13.6. The van der Waals surface area contributed by atoms with Gasteiger partial charge in [-0.2, -0.15) is 0 Å². The molecule has 0 aromatic heterocycles. The third kappa shape index (κ3) is 6.13. The predicted octanol–water partition coefficient (Wildman–Crippen LogP) is 2.61. The number of hydrogen-bond donors (Lipinski definition) is 2. The molecule has 0 saturated carbocycles. The summed E-state index contributed by atoms with van der Waals surface area (Å²) in [6.45, 7) is 11.2. The average Bonchev–Trinajstić information content (AvgIpc) is 2.40. The second-order valence-corrected chi connectivity index (χ2v) is 4.90. The minimum Gasteiger partial charge on any atom is -0.516 e. The lowest BCUT2D eigenvalue weighted by molar-refractivity contribution is -0.109. The molecule has 1 unspecified atom stereocenters. The van der Waals surface area contributed by atoms with Gasteiger partial charge in [-0.25, -0.2) is 0 Å². The van der Waals surface area contributed by atoms with Gasteiger partial charge in [0, 0.05) is 25.3 Å². The van der Waals surface area contributed by atoms with E-state index in [-0.39, 0.29) is 0 Å². The number of nitrogens with zero attached hydrogens (tertiary/aromatic N) is 1. The first-order valence-corrected chi connectivity index (χ1v) is 6.54. The molecule has 0 fully saturated rings. The summed E-state index contributed by atoms with van der Waals surface area (Å²) >= 11 is 0. The number of nitrogens with one attached hydrogen (secondary N) is 1. The maximum Gasteiger partial charge on any atom is 0.207 e. The monoisotopic (exact) mass is 266 g/mol. The summed E-state index contributed by atoms with van der Waals surface area (Å²) in [7, 11) is 2.01. The van der Waals surface area contributed by atoms with E-state index in [1.54, 1.807) is 6.08 Å². The number of aliphatic hydroxyl groups excluding tert-OH is 1. The highest BCUT2D eigenvalue weighted by Crippen LogP contribution is 2.20. The van der Waals surface area contributed by atoms with Crippen molar-refractivity contribution in [2.45, 2.75) is 33.2 Å². The minimum absolute atomic E-state index is 0.369. The van der Waals surface area contributed by atoms with Crippen molar-refractivity contribution in [2.24, 2.45) is 5.92 Å². The van der Waals surface area contributed by atoms with Crippen LogP contribution in [0.25, 0.3) is 0 Å². The summed E-state index contributed by atoms with van der Waals surface area (Å²) in [6, 6.07) is 0.369. The Labute approximate surface area is 116 Å². The predicted molar refractivity (Wildman–Crippen MR) is 79.7 cm³/mol. The molecule has 0 aromatic carbocycles. The fourth-order valence-corrected chi connectivity index (χ4v) is 1.67. The summed E-state index contributed by atoms with van der Waals surface area (Å²) in [6.07, 6.45) is 5.74. The van der Waals surface area contributed by atoms with E-state index in [2.05, 4.69) is 37.6 Å². The molecule has 0 rings (SSSR count). The third-order valence-electron chi connectivity index (χ3n) is 3.38. The van der Waals surface area contributed by atoms with Crippen LogP contribution in [0.3, 0.4) is 0 Å². The van der Waals surface area contributed by atoms with E-state index in [0.717, 1.165) is 17.5 Å². The van der Waals surface area contributed by atoms with Crippen LogP contribution in [0.4, 0.5) is 0 Å². The van der Waals surface area contributed by atoms with Crippen LogP contribution in [0.1, 0.15) is 27.2 Å². The molecule has 19 heavy (non-hydrogen) atoms. The van der Waals surface area contributed by atoms with Gasteiger partial charge in [0.15, 0.2) is 0 Å². The van der Waals surface area contributed by atoms with Crippen molar-refractivity contribution < 1.29 is 9.90 Å². The molecule has 4 nitrogen and oxygen atoms in total. The molecule has 1 atom stereocenters. The molecule has 0 bridgehead atoms. The van der Waals surface area contributed by atoms with Crippen LogP contribution in [-0.4, -0.2) is 36.1 Å². The van der Waals surface area contributed by atoms with Crippen LogP contribution in [0.15, 0.2) is 36.3 Å². The highest BCUT2D eigenvalue weighted by atomic mass is 16.2. The molecule has 0 aliphatic heterocycles. The molecule has 1 amide bonds. The van der Waals surface area contributed by atoms with Crippen LogP contribution < -0.4 is 5.32 Å². The van der Waals surface area contributed by atoms with Gasteiger partial charge in [-0.15, -0.1) is 0 Å². The molecule has 0 radical (unpaired) electrons. The highest BCUT2D eigenvalue weighted by molar-refractivity contribution is 5.46.